The average molecular weight is 219 g/mol. The predicted molar refractivity (Wildman–Crippen MR) is 62.6 cm³/mol. The fourth-order valence-corrected chi connectivity index (χ4v) is 2.29. The number of benzene rings is 1. The van der Waals surface area contributed by atoms with E-state index in [9.17, 15) is 4.79 Å². The molecule has 1 aromatic rings. The number of fused-ring (bicyclic) bond motifs is 1. The van der Waals surface area contributed by atoms with Gasteiger partial charge in [0.15, 0.2) is 0 Å². The molecule has 2 rings (SSSR count). The molecule has 3 nitrogen and oxygen atoms in total. The molecule has 0 spiro atoms. The van der Waals surface area contributed by atoms with E-state index in [4.69, 9.17) is 4.74 Å². The summed E-state index contributed by atoms with van der Waals surface area (Å²) >= 11 is 0. The molecule has 0 saturated carbocycles. The van der Waals surface area contributed by atoms with Crippen LogP contribution in [-0.2, 0) is 11.2 Å². The van der Waals surface area contributed by atoms with Gasteiger partial charge in [-0.1, -0.05) is 12.1 Å². The molecule has 16 heavy (non-hydrogen) atoms. The second kappa shape index (κ2) is 3.91. The molecule has 86 valence electrons. The van der Waals surface area contributed by atoms with E-state index in [2.05, 4.69) is 5.32 Å². The van der Waals surface area contributed by atoms with Crippen LogP contribution >= 0.6 is 0 Å². The molecular formula is C13H17NO2. The molecule has 1 aliphatic rings. The van der Waals surface area contributed by atoms with E-state index in [1.54, 1.807) is 0 Å². The van der Waals surface area contributed by atoms with Gasteiger partial charge in [0, 0.05) is 13.0 Å². The van der Waals surface area contributed by atoms with Crippen molar-refractivity contribution < 1.29 is 9.53 Å². The lowest BCUT2D eigenvalue weighted by atomic mass is 9.87. The summed E-state index contributed by atoms with van der Waals surface area (Å²) in [6.45, 7) is 4.68. The Morgan fingerprint density at radius 2 is 2.25 bits per heavy atom. The van der Waals surface area contributed by atoms with E-state index in [0.717, 1.165) is 17.5 Å². The van der Waals surface area contributed by atoms with Gasteiger partial charge in [-0.25, -0.2) is 4.79 Å². The SMILES string of the molecule is CNCC1(C)Cc2c(C)cccc2C(=O)O1. The van der Waals surface area contributed by atoms with Crippen LogP contribution in [0, 0.1) is 6.92 Å². The molecule has 0 fully saturated rings. The number of cyclic esters (lactones) is 1. The topological polar surface area (TPSA) is 38.3 Å². The highest BCUT2D eigenvalue weighted by Crippen LogP contribution is 2.29. The number of likely N-dealkylation sites (N-methyl/N-ethyl adjacent to an activating group) is 1. The number of hydrogen-bond acceptors (Lipinski definition) is 3. The Morgan fingerprint density at radius 1 is 1.50 bits per heavy atom. The van der Waals surface area contributed by atoms with Crippen LogP contribution in [0.4, 0.5) is 0 Å². The van der Waals surface area contributed by atoms with Crippen molar-refractivity contribution in [3.05, 3.63) is 34.9 Å². The minimum absolute atomic E-state index is 0.206. The van der Waals surface area contributed by atoms with Crippen LogP contribution in [-0.4, -0.2) is 25.2 Å². The first-order chi connectivity index (χ1) is 7.56. The summed E-state index contributed by atoms with van der Waals surface area (Å²) in [5, 5.41) is 3.07. The van der Waals surface area contributed by atoms with Gasteiger partial charge in [0.05, 0.1) is 5.56 Å². The van der Waals surface area contributed by atoms with E-state index in [1.165, 1.54) is 0 Å². The van der Waals surface area contributed by atoms with Gasteiger partial charge in [0.2, 0.25) is 0 Å². The number of aryl methyl sites for hydroxylation is 1. The third kappa shape index (κ3) is 1.83. The molecule has 0 radical (unpaired) electrons. The van der Waals surface area contributed by atoms with E-state index in [1.807, 2.05) is 39.1 Å². The Kier molecular flexibility index (Phi) is 2.72. The number of ether oxygens (including phenoxy) is 1. The van der Waals surface area contributed by atoms with E-state index >= 15 is 0 Å². The van der Waals surface area contributed by atoms with Crippen molar-refractivity contribution in [2.45, 2.75) is 25.9 Å². The van der Waals surface area contributed by atoms with Crippen molar-refractivity contribution in [2.75, 3.05) is 13.6 Å². The first-order valence-electron chi connectivity index (χ1n) is 5.52. The van der Waals surface area contributed by atoms with Gasteiger partial charge in [-0.15, -0.1) is 0 Å². The lowest BCUT2D eigenvalue weighted by Gasteiger charge is -2.35. The van der Waals surface area contributed by atoms with Crippen molar-refractivity contribution in [3.63, 3.8) is 0 Å². The fourth-order valence-electron chi connectivity index (χ4n) is 2.29. The lowest BCUT2D eigenvalue weighted by molar-refractivity contribution is -0.0141. The zero-order valence-electron chi connectivity index (χ0n) is 9.96. The standard InChI is InChI=1S/C13H17NO2/c1-9-5-4-6-10-11(9)7-13(2,8-14-3)16-12(10)15/h4-6,14H,7-8H2,1-3H3. The summed E-state index contributed by atoms with van der Waals surface area (Å²) < 4.78 is 5.49. The number of hydrogen-bond donors (Lipinski definition) is 1. The van der Waals surface area contributed by atoms with Gasteiger partial charge in [-0.2, -0.15) is 0 Å². The first kappa shape index (κ1) is 11.1. The summed E-state index contributed by atoms with van der Waals surface area (Å²) in [6, 6.07) is 5.77. The zero-order chi connectivity index (χ0) is 11.8. The van der Waals surface area contributed by atoms with Crippen LogP contribution in [0.2, 0.25) is 0 Å². The molecule has 1 aliphatic heterocycles. The molecule has 1 aromatic carbocycles. The fraction of sp³-hybridized carbons (Fsp3) is 0.462. The number of carbonyl (C=O) groups is 1. The van der Waals surface area contributed by atoms with Crippen molar-refractivity contribution in [1.82, 2.24) is 5.32 Å². The smallest absolute Gasteiger partial charge is 0.339 e. The maximum Gasteiger partial charge on any atom is 0.339 e. The normalized spacial score (nSPS) is 23.8. The molecule has 0 bridgehead atoms. The summed E-state index contributed by atoms with van der Waals surface area (Å²) in [5.74, 6) is -0.206. The van der Waals surface area contributed by atoms with Gasteiger partial charge in [0.1, 0.15) is 5.60 Å². The van der Waals surface area contributed by atoms with Crippen molar-refractivity contribution in [2.24, 2.45) is 0 Å². The quantitative estimate of drug-likeness (QED) is 0.769. The number of rotatable bonds is 2. The Morgan fingerprint density at radius 3 is 2.94 bits per heavy atom. The van der Waals surface area contributed by atoms with Crippen molar-refractivity contribution in [3.8, 4) is 0 Å². The summed E-state index contributed by atoms with van der Waals surface area (Å²) in [5.41, 5.74) is 2.58. The second-order valence-electron chi connectivity index (χ2n) is 4.65. The largest absolute Gasteiger partial charge is 0.454 e. The van der Waals surface area contributed by atoms with Crippen LogP contribution in [0.15, 0.2) is 18.2 Å². The Bertz CT molecular complexity index is 428. The maximum atomic E-state index is 11.9. The summed E-state index contributed by atoms with van der Waals surface area (Å²) in [7, 11) is 1.87. The van der Waals surface area contributed by atoms with Crippen molar-refractivity contribution >= 4 is 5.97 Å². The molecule has 1 heterocycles. The molecule has 1 unspecified atom stereocenters. The Hall–Kier alpha value is -1.35. The number of esters is 1. The van der Waals surface area contributed by atoms with E-state index < -0.39 is 5.60 Å². The van der Waals surface area contributed by atoms with Gasteiger partial charge in [-0.05, 0) is 38.1 Å². The lowest BCUT2D eigenvalue weighted by Crippen LogP contribution is -2.46. The van der Waals surface area contributed by atoms with Crippen LogP contribution in [0.5, 0.6) is 0 Å². The minimum atomic E-state index is -0.426. The van der Waals surface area contributed by atoms with Crippen LogP contribution in [0.3, 0.4) is 0 Å². The molecule has 0 saturated heterocycles. The minimum Gasteiger partial charge on any atom is -0.454 e. The third-order valence-electron chi connectivity index (χ3n) is 3.07. The second-order valence-corrected chi connectivity index (χ2v) is 4.65. The third-order valence-corrected chi connectivity index (χ3v) is 3.07. The average Bonchev–Trinajstić information content (AvgIpc) is 2.20. The van der Waals surface area contributed by atoms with Crippen LogP contribution < -0.4 is 5.32 Å². The molecule has 0 aliphatic carbocycles. The highest BCUT2D eigenvalue weighted by Gasteiger charge is 2.36. The predicted octanol–water partition coefficient (Wildman–Crippen LogP) is 1.69. The monoisotopic (exact) mass is 219 g/mol. The molecule has 0 aromatic heterocycles. The maximum absolute atomic E-state index is 11.9. The van der Waals surface area contributed by atoms with E-state index in [-0.39, 0.29) is 5.97 Å². The first-order valence-corrected chi connectivity index (χ1v) is 5.52. The van der Waals surface area contributed by atoms with E-state index in [0.29, 0.717) is 12.1 Å². The molecular weight excluding hydrogens is 202 g/mol. The van der Waals surface area contributed by atoms with Crippen LogP contribution in [0.1, 0.15) is 28.4 Å². The van der Waals surface area contributed by atoms with Crippen LogP contribution in [0.25, 0.3) is 0 Å². The molecule has 3 heteroatoms. The number of carbonyl (C=O) groups excluding carboxylic acids is 1. The van der Waals surface area contributed by atoms with Crippen molar-refractivity contribution in [1.29, 1.82) is 0 Å². The van der Waals surface area contributed by atoms with Gasteiger partial charge in [-0.3, -0.25) is 0 Å². The molecule has 0 amide bonds. The van der Waals surface area contributed by atoms with Gasteiger partial charge >= 0.3 is 5.97 Å². The Labute approximate surface area is 95.8 Å². The highest BCUT2D eigenvalue weighted by atomic mass is 16.6. The zero-order valence-corrected chi connectivity index (χ0v) is 9.96. The summed E-state index contributed by atoms with van der Waals surface area (Å²) in [6.07, 6.45) is 0.779. The van der Waals surface area contributed by atoms with Gasteiger partial charge < -0.3 is 10.1 Å². The highest BCUT2D eigenvalue weighted by molar-refractivity contribution is 5.93. The molecule has 1 atom stereocenters. The van der Waals surface area contributed by atoms with Gasteiger partial charge in [0.25, 0.3) is 0 Å². The molecule has 1 N–H and O–H groups in total. The summed E-state index contributed by atoms with van der Waals surface area (Å²) in [4.78, 5) is 11.9. The Balaban J connectivity index is 2.42. The number of nitrogens with one attached hydrogen (secondary N) is 1.